The molecule has 10 fully saturated rings. The molecule has 11 heteroatoms. The van der Waals surface area contributed by atoms with Crippen molar-refractivity contribution in [1.82, 2.24) is 0 Å². The molecule has 10 atom stereocenters. The van der Waals surface area contributed by atoms with Gasteiger partial charge in [0.1, 0.15) is 44.8 Å². The molecule has 10 aliphatic rings. The van der Waals surface area contributed by atoms with Crippen molar-refractivity contribution in [3.8, 4) is 0 Å². The van der Waals surface area contributed by atoms with Crippen LogP contribution in [0, 0.1) is 0 Å². The number of unbranched alkanes of at least 4 members (excludes halogenated alkanes) is 3. The van der Waals surface area contributed by atoms with Gasteiger partial charge >= 0.3 is 0 Å². The second-order valence-electron chi connectivity index (χ2n) is 16.2. The summed E-state index contributed by atoms with van der Waals surface area (Å²) in [7, 11) is 0. The average Bonchev–Trinajstić information content (AvgIpc) is 2.83. The molecular formula is C36H54O11. The van der Waals surface area contributed by atoms with Crippen molar-refractivity contribution in [3.63, 3.8) is 0 Å². The standard InChI is InChI=1S/C36H54O11/c1-2-3-4-5-6-27(7-17-38-27)28(8-18-39-28)29(9-19-40-29)30(10-20-41-30)31(11-21-42-31)32(12-22-43-32)33(13-23-44-33)34(14-24-45-34)35(15-25-46-35)36(37)16-26-47-36/h37H,2-26H2,1H3. The first-order valence-corrected chi connectivity index (χ1v) is 19.0. The van der Waals surface area contributed by atoms with Gasteiger partial charge in [-0.05, 0) is 6.42 Å². The molecule has 47 heavy (non-hydrogen) atoms. The van der Waals surface area contributed by atoms with Gasteiger partial charge in [-0.3, -0.25) is 0 Å². The first-order chi connectivity index (χ1) is 22.9. The third kappa shape index (κ3) is 3.08. The van der Waals surface area contributed by atoms with E-state index < -0.39 is 56.2 Å². The summed E-state index contributed by atoms with van der Waals surface area (Å²) in [5, 5.41) is 11.9. The largest absolute Gasteiger partial charge is 0.372 e. The minimum atomic E-state index is -1.42. The second-order valence-corrected chi connectivity index (χ2v) is 16.2. The zero-order valence-corrected chi connectivity index (χ0v) is 28.2. The summed E-state index contributed by atoms with van der Waals surface area (Å²) >= 11 is 0. The van der Waals surface area contributed by atoms with Crippen molar-refractivity contribution >= 4 is 0 Å². The Morgan fingerprint density at radius 1 is 0.362 bits per heavy atom. The molecule has 10 saturated heterocycles. The molecule has 10 aliphatic heterocycles. The highest BCUT2D eigenvalue weighted by Crippen LogP contribution is 2.76. The van der Waals surface area contributed by atoms with Crippen LogP contribution in [-0.2, 0) is 47.4 Å². The number of hydrogen-bond acceptors (Lipinski definition) is 11. The van der Waals surface area contributed by atoms with E-state index in [1.807, 2.05) is 0 Å². The lowest BCUT2D eigenvalue weighted by atomic mass is 9.41. The second kappa shape index (κ2) is 10.1. The first kappa shape index (κ1) is 31.3. The number of hydrogen-bond donors (Lipinski definition) is 1. The summed E-state index contributed by atoms with van der Waals surface area (Å²) in [5.74, 6) is -1.42. The Morgan fingerprint density at radius 3 is 0.894 bits per heavy atom. The van der Waals surface area contributed by atoms with Gasteiger partial charge in [0.15, 0.2) is 11.4 Å². The number of rotatable bonds is 14. The van der Waals surface area contributed by atoms with E-state index >= 15 is 0 Å². The molecule has 0 aromatic carbocycles. The Morgan fingerprint density at radius 2 is 0.660 bits per heavy atom. The maximum Gasteiger partial charge on any atom is 0.200 e. The lowest BCUT2D eigenvalue weighted by Crippen LogP contribution is -3.00. The van der Waals surface area contributed by atoms with Gasteiger partial charge < -0.3 is 52.5 Å². The van der Waals surface area contributed by atoms with Crippen LogP contribution in [0.1, 0.15) is 103 Å². The first-order valence-electron chi connectivity index (χ1n) is 19.0. The molecule has 0 aliphatic carbocycles. The van der Waals surface area contributed by atoms with Crippen LogP contribution in [0.3, 0.4) is 0 Å². The van der Waals surface area contributed by atoms with Crippen LogP contribution in [-0.4, -0.2) is 127 Å². The molecule has 264 valence electrons. The number of ether oxygens (including phenoxy) is 10. The van der Waals surface area contributed by atoms with E-state index in [4.69, 9.17) is 47.4 Å². The SMILES string of the molecule is CCCCCCC1(C2(C3(C4(C5(C6(C7(C8(C9(C%10(O)CCO%10)CCO9)CCO8)CCO7)CCO6)CCO5)CCO4)CCO3)CCO2)CCO1. The Balaban J connectivity index is 1.09. The fraction of sp³-hybridized carbons (Fsp3) is 1.00. The van der Waals surface area contributed by atoms with Crippen LogP contribution < -0.4 is 0 Å². The Hall–Kier alpha value is -0.440. The van der Waals surface area contributed by atoms with Crippen LogP contribution in [0.15, 0.2) is 0 Å². The third-order valence-corrected chi connectivity index (χ3v) is 15.5. The van der Waals surface area contributed by atoms with E-state index in [-0.39, 0.29) is 0 Å². The minimum Gasteiger partial charge on any atom is -0.372 e. The predicted molar refractivity (Wildman–Crippen MR) is 164 cm³/mol. The van der Waals surface area contributed by atoms with Crippen LogP contribution in [0.2, 0.25) is 0 Å². The lowest BCUT2D eigenvalue weighted by Gasteiger charge is -2.83. The van der Waals surface area contributed by atoms with Crippen LogP contribution >= 0.6 is 0 Å². The van der Waals surface area contributed by atoms with Crippen molar-refractivity contribution in [1.29, 1.82) is 0 Å². The van der Waals surface area contributed by atoms with Crippen LogP contribution in [0.25, 0.3) is 0 Å². The molecule has 10 rings (SSSR count). The molecule has 1 N–H and O–H groups in total. The Kier molecular flexibility index (Phi) is 6.74. The number of aliphatic hydroxyl groups is 1. The van der Waals surface area contributed by atoms with Gasteiger partial charge in [-0.25, -0.2) is 0 Å². The van der Waals surface area contributed by atoms with E-state index in [0.717, 1.165) is 64.4 Å². The highest BCUT2D eigenvalue weighted by molar-refractivity contribution is 5.42. The summed E-state index contributed by atoms with van der Waals surface area (Å²) in [5.41, 5.74) is -7.24. The zero-order valence-electron chi connectivity index (χ0n) is 28.2. The molecule has 0 radical (unpaired) electrons. The fourth-order valence-corrected chi connectivity index (χ4v) is 12.7. The quantitative estimate of drug-likeness (QED) is 0.276. The molecule has 0 bridgehead atoms. The van der Waals surface area contributed by atoms with E-state index in [2.05, 4.69) is 6.92 Å². The molecule has 0 amide bonds. The van der Waals surface area contributed by atoms with Gasteiger partial charge in [-0.15, -0.1) is 0 Å². The summed E-state index contributed by atoms with van der Waals surface area (Å²) in [6.07, 6.45) is 13.2. The van der Waals surface area contributed by atoms with E-state index in [0.29, 0.717) is 78.7 Å². The fourth-order valence-electron chi connectivity index (χ4n) is 12.7. The molecule has 0 saturated carbocycles. The van der Waals surface area contributed by atoms with Crippen molar-refractivity contribution < 1.29 is 52.5 Å². The molecule has 0 aromatic rings. The van der Waals surface area contributed by atoms with Crippen molar-refractivity contribution in [3.05, 3.63) is 0 Å². The molecule has 10 heterocycles. The molecular weight excluding hydrogens is 608 g/mol. The van der Waals surface area contributed by atoms with Gasteiger partial charge in [0.05, 0.1) is 66.1 Å². The molecule has 10 unspecified atom stereocenters. The van der Waals surface area contributed by atoms with Crippen LogP contribution in [0.4, 0.5) is 0 Å². The maximum atomic E-state index is 11.9. The lowest BCUT2D eigenvalue weighted by molar-refractivity contribution is -0.539. The predicted octanol–water partition coefficient (Wildman–Crippen LogP) is 3.50. The Labute approximate surface area is 277 Å². The van der Waals surface area contributed by atoms with E-state index in [1.54, 1.807) is 0 Å². The average molecular weight is 663 g/mol. The zero-order chi connectivity index (χ0) is 31.7. The molecule has 11 nitrogen and oxygen atoms in total. The van der Waals surface area contributed by atoms with Gasteiger partial charge in [0.2, 0.25) is 0 Å². The normalized spacial score (nSPS) is 57.6. The smallest absolute Gasteiger partial charge is 0.200 e. The van der Waals surface area contributed by atoms with Gasteiger partial charge in [0, 0.05) is 64.2 Å². The van der Waals surface area contributed by atoms with Gasteiger partial charge in [-0.1, -0.05) is 32.6 Å². The van der Waals surface area contributed by atoms with Gasteiger partial charge in [0.25, 0.3) is 0 Å². The summed E-state index contributed by atoms with van der Waals surface area (Å²) in [6.45, 7) is 8.39. The monoisotopic (exact) mass is 662 g/mol. The third-order valence-electron chi connectivity index (χ3n) is 15.5. The molecule has 0 aromatic heterocycles. The highest BCUT2D eigenvalue weighted by atomic mass is 16.7. The van der Waals surface area contributed by atoms with Crippen LogP contribution in [0.5, 0.6) is 0 Å². The molecule has 0 spiro atoms. The summed E-state index contributed by atoms with van der Waals surface area (Å²) < 4.78 is 68.1. The van der Waals surface area contributed by atoms with E-state index in [9.17, 15) is 5.11 Å². The highest BCUT2D eigenvalue weighted by Gasteiger charge is 2.94. The summed E-state index contributed by atoms with van der Waals surface area (Å²) in [4.78, 5) is 0. The summed E-state index contributed by atoms with van der Waals surface area (Å²) in [6, 6.07) is 0. The van der Waals surface area contributed by atoms with Gasteiger partial charge in [-0.2, -0.15) is 0 Å². The van der Waals surface area contributed by atoms with Crippen molar-refractivity contribution in [2.45, 2.75) is 159 Å². The van der Waals surface area contributed by atoms with Crippen molar-refractivity contribution in [2.24, 2.45) is 0 Å². The Bertz CT molecular complexity index is 1230. The topological polar surface area (TPSA) is 113 Å². The maximum absolute atomic E-state index is 11.9. The van der Waals surface area contributed by atoms with E-state index in [1.165, 1.54) is 19.3 Å². The minimum absolute atomic E-state index is 0.401. The van der Waals surface area contributed by atoms with Crippen molar-refractivity contribution in [2.75, 3.05) is 66.1 Å².